The van der Waals surface area contributed by atoms with Crippen molar-refractivity contribution in [1.29, 1.82) is 0 Å². The van der Waals surface area contributed by atoms with E-state index < -0.39 is 0 Å². The highest BCUT2D eigenvalue weighted by Gasteiger charge is 2.21. The molecule has 4 nitrogen and oxygen atoms in total. The number of nitrogens with one attached hydrogen (secondary N) is 1. The summed E-state index contributed by atoms with van der Waals surface area (Å²) in [6.07, 6.45) is 3.90. The summed E-state index contributed by atoms with van der Waals surface area (Å²) in [5.74, 6) is -0.0167. The monoisotopic (exact) mass is 273 g/mol. The normalized spacial score (nSPS) is 16.9. The van der Waals surface area contributed by atoms with Crippen LogP contribution in [-0.4, -0.2) is 36.5 Å². The number of carbonyl (C=O) groups excluding carboxylic acids is 1. The molecule has 0 spiro atoms. The molecule has 0 saturated carbocycles. The molecule has 1 aromatic carbocycles. The summed E-state index contributed by atoms with van der Waals surface area (Å²) in [6, 6.07) is 5.71. The van der Waals surface area contributed by atoms with Gasteiger partial charge in [-0.25, -0.2) is 0 Å². The van der Waals surface area contributed by atoms with E-state index in [2.05, 4.69) is 16.8 Å². The molecule has 108 valence electrons. The molecule has 2 rings (SSSR count). The lowest BCUT2D eigenvalue weighted by molar-refractivity contribution is 0.0913. The zero-order valence-corrected chi connectivity index (χ0v) is 12.1. The number of rotatable bonds is 4. The third-order valence-corrected chi connectivity index (χ3v) is 3.82. The molecule has 20 heavy (non-hydrogen) atoms. The van der Waals surface area contributed by atoms with Crippen molar-refractivity contribution in [1.82, 2.24) is 10.2 Å². The SMILES string of the molecule is C=CCN1CCC(NC(=O)c2cc(N)ccc2C)CC1. The van der Waals surface area contributed by atoms with E-state index in [9.17, 15) is 4.79 Å². The van der Waals surface area contributed by atoms with Crippen LogP contribution in [0.2, 0.25) is 0 Å². The van der Waals surface area contributed by atoms with Gasteiger partial charge in [0.1, 0.15) is 0 Å². The molecule has 1 aliphatic rings. The highest BCUT2D eigenvalue weighted by atomic mass is 16.1. The fourth-order valence-electron chi connectivity index (χ4n) is 2.59. The summed E-state index contributed by atoms with van der Waals surface area (Å²) >= 11 is 0. The van der Waals surface area contributed by atoms with E-state index in [4.69, 9.17) is 5.73 Å². The van der Waals surface area contributed by atoms with Gasteiger partial charge >= 0.3 is 0 Å². The number of anilines is 1. The number of nitrogens with zero attached hydrogens (tertiary/aromatic N) is 1. The van der Waals surface area contributed by atoms with Gasteiger partial charge in [0.25, 0.3) is 5.91 Å². The second-order valence-corrected chi connectivity index (χ2v) is 5.41. The third kappa shape index (κ3) is 3.61. The van der Waals surface area contributed by atoms with Crippen LogP contribution in [0.3, 0.4) is 0 Å². The van der Waals surface area contributed by atoms with Crippen LogP contribution in [0.5, 0.6) is 0 Å². The maximum absolute atomic E-state index is 12.3. The number of carbonyl (C=O) groups is 1. The van der Waals surface area contributed by atoms with Gasteiger partial charge in [-0.05, 0) is 37.5 Å². The minimum absolute atomic E-state index is 0.0167. The first-order valence-electron chi connectivity index (χ1n) is 7.10. The van der Waals surface area contributed by atoms with Crippen molar-refractivity contribution in [2.45, 2.75) is 25.8 Å². The Morgan fingerprint density at radius 3 is 2.85 bits per heavy atom. The summed E-state index contributed by atoms with van der Waals surface area (Å²) in [7, 11) is 0. The van der Waals surface area contributed by atoms with Gasteiger partial charge in [-0.15, -0.1) is 6.58 Å². The molecule has 3 N–H and O–H groups in total. The smallest absolute Gasteiger partial charge is 0.251 e. The zero-order chi connectivity index (χ0) is 14.5. The van der Waals surface area contributed by atoms with Crippen LogP contribution in [0.25, 0.3) is 0 Å². The summed E-state index contributed by atoms with van der Waals surface area (Å²) < 4.78 is 0. The molecule has 1 fully saturated rings. The van der Waals surface area contributed by atoms with Gasteiger partial charge in [-0.1, -0.05) is 12.1 Å². The molecular formula is C16H23N3O. The Balaban J connectivity index is 1.92. The largest absolute Gasteiger partial charge is 0.399 e. The van der Waals surface area contributed by atoms with E-state index in [-0.39, 0.29) is 11.9 Å². The molecule has 1 aromatic rings. The Kier molecular flexibility index (Phi) is 4.79. The molecule has 0 radical (unpaired) electrons. The predicted octanol–water partition coefficient (Wildman–Crippen LogP) is 1.96. The molecule has 1 heterocycles. The van der Waals surface area contributed by atoms with Gasteiger partial charge in [0, 0.05) is 36.9 Å². The number of aryl methyl sites for hydroxylation is 1. The molecule has 0 aromatic heterocycles. The highest BCUT2D eigenvalue weighted by molar-refractivity contribution is 5.96. The fourth-order valence-corrected chi connectivity index (χ4v) is 2.59. The first-order chi connectivity index (χ1) is 9.60. The molecular weight excluding hydrogens is 250 g/mol. The minimum Gasteiger partial charge on any atom is -0.399 e. The zero-order valence-electron chi connectivity index (χ0n) is 12.1. The van der Waals surface area contributed by atoms with Gasteiger partial charge in [0.05, 0.1) is 0 Å². The van der Waals surface area contributed by atoms with Crippen molar-refractivity contribution >= 4 is 11.6 Å². The van der Waals surface area contributed by atoms with Crippen molar-refractivity contribution in [3.63, 3.8) is 0 Å². The Hall–Kier alpha value is -1.81. The Labute approximate surface area is 120 Å². The first-order valence-corrected chi connectivity index (χ1v) is 7.10. The number of nitrogen functional groups attached to an aromatic ring is 1. The van der Waals surface area contributed by atoms with Crippen molar-refractivity contribution in [2.75, 3.05) is 25.4 Å². The summed E-state index contributed by atoms with van der Waals surface area (Å²) in [6.45, 7) is 8.63. The second kappa shape index (κ2) is 6.57. The van der Waals surface area contributed by atoms with Crippen LogP contribution in [-0.2, 0) is 0 Å². The van der Waals surface area contributed by atoms with Crippen LogP contribution >= 0.6 is 0 Å². The highest BCUT2D eigenvalue weighted by Crippen LogP contribution is 2.15. The number of hydrogen-bond acceptors (Lipinski definition) is 3. The second-order valence-electron chi connectivity index (χ2n) is 5.41. The van der Waals surface area contributed by atoms with Gasteiger partial charge in [0.15, 0.2) is 0 Å². The van der Waals surface area contributed by atoms with E-state index in [0.717, 1.165) is 38.0 Å². The predicted molar refractivity (Wildman–Crippen MR) is 82.7 cm³/mol. The number of amides is 1. The van der Waals surface area contributed by atoms with Crippen LogP contribution in [0.15, 0.2) is 30.9 Å². The van der Waals surface area contributed by atoms with Crippen LogP contribution < -0.4 is 11.1 Å². The number of nitrogens with two attached hydrogens (primary N) is 1. The molecule has 0 aliphatic carbocycles. The topological polar surface area (TPSA) is 58.4 Å². The fraction of sp³-hybridized carbons (Fsp3) is 0.438. The molecule has 1 saturated heterocycles. The summed E-state index contributed by atoms with van der Waals surface area (Å²) in [4.78, 5) is 14.6. The van der Waals surface area contributed by atoms with Gasteiger partial charge in [-0.2, -0.15) is 0 Å². The first kappa shape index (κ1) is 14.6. The average molecular weight is 273 g/mol. The van der Waals surface area contributed by atoms with Crippen molar-refractivity contribution in [3.05, 3.63) is 42.0 Å². The maximum Gasteiger partial charge on any atom is 0.251 e. The van der Waals surface area contributed by atoms with E-state index in [1.807, 2.05) is 25.1 Å². The number of likely N-dealkylation sites (tertiary alicyclic amines) is 1. The third-order valence-electron chi connectivity index (χ3n) is 3.82. The molecule has 0 unspecified atom stereocenters. The van der Waals surface area contributed by atoms with Crippen molar-refractivity contribution < 1.29 is 4.79 Å². The lowest BCUT2D eigenvalue weighted by atomic mass is 10.0. The van der Waals surface area contributed by atoms with E-state index >= 15 is 0 Å². The molecule has 1 amide bonds. The molecule has 4 heteroatoms. The van der Waals surface area contributed by atoms with E-state index in [0.29, 0.717) is 11.3 Å². The quantitative estimate of drug-likeness (QED) is 0.651. The lowest BCUT2D eigenvalue weighted by Crippen LogP contribution is -2.44. The van der Waals surface area contributed by atoms with Gasteiger partial charge < -0.3 is 11.1 Å². The van der Waals surface area contributed by atoms with Crippen LogP contribution in [0.1, 0.15) is 28.8 Å². The van der Waals surface area contributed by atoms with E-state index in [1.165, 1.54) is 0 Å². The Morgan fingerprint density at radius 1 is 1.50 bits per heavy atom. The average Bonchev–Trinajstić information content (AvgIpc) is 2.44. The van der Waals surface area contributed by atoms with Crippen molar-refractivity contribution in [3.8, 4) is 0 Å². The number of benzene rings is 1. The van der Waals surface area contributed by atoms with Gasteiger partial charge in [0.2, 0.25) is 0 Å². The van der Waals surface area contributed by atoms with Crippen LogP contribution in [0, 0.1) is 6.92 Å². The molecule has 0 atom stereocenters. The Bertz CT molecular complexity index is 490. The number of piperidine rings is 1. The Morgan fingerprint density at radius 2 is 2.20 bits per heavy atom. The van der Waals surface area contributed by atoms with Crippen LogP contribution in [0.4, 0.5) is 5.69 Å². The minimum atomic E-state index is -0.0167. The van der Waals surface area contributed by atoms with Gasteiger partial charge in [-0.3, -0.25) is 9.69 Å². The van der Waals surface area contributed by atoms with Crippen molar-refractivity contribution in [2.24, 2.45) is 0 Å². The lowest BCUT2D eigenvalue weighted by Gasteiger charge is -2.31. The molecule has 1 aliphatic heterocycles. The maximum atomic E-state index is 12.3. The summed E-state index contributed by atoms with van der Waals surface area (Å²) in [5.41, 5.74) is 8.02. The molecule has 0 bridgehead atoms. The summed E-state index contributed by atoms with van der Waals surface area (Å²) in [5, 5.41) is 3.12. The standard InChI is InChI=1S/C16H23N3O/c1-3-8-19-9-6-14(7-10-19)18-16(20)15-11-13(17)5-4-12(15)2/h3-5,11,14H,1,6-10,17H2,2H3,(H,18,20). The van der Waals surface area contributed by atoms with E-state index in [1.54, 1.807) is 6.07 Å². The number of hydrogen-bond donors (Lipinski definition) is 2.